The molecule has 2 aromatic heterocycles. The second-order valence-corrected chi connectivity index (χ2v) is 18.3. The quantitative estimate of drug-likeness (QED) is 0.0941. The number of rotatable bonds is 10. The van der Waals surface area contributed by atoms with Gasteiger partial charge in [-0.3, -0.25) is 9.59 Å². The molecule has 16 heteroatoms. The van der Waals surface area contributed by atoms with Crippen molar-refractivity contribution in [3.8, 4) is 34.4 Å². The van der Waals surface area contributed by atoms with E-state index in [1.807, 2.05) is 67.8 Å². The highest BCUT2D eigenvalue weighted by Crippen LogP contribution is 2.40. The van der Waals surface area contributed by atoms with Gasteiger partial charge in [0.1, 0.15) is 23.2 Å². The number of H-pyrrole nitrogens is 2. The molecule has 4 aliphatic rings. The van der Waals surface area contributed by atoms with Crippen LogP contribution in [0.5, 0.6) is 0 Å². The Kier molecular flexibility index (Phi) is 13.1. The van der Waals surface area contributed by atoms with Gasteiger partial charge >= 0.3 is 12.2 Å². The van der Waals surface area contributed by atoms with Crippen LogP contribution in [-0.4, -0.2) is 115 Å². The summed E-state index contributed by atoms with van der Waals surface area (Å²) in [6, 6.07) is 14.2. The lowest BCUT2D eigenvalue weighted by atomic mass is 9.77. The number of carbonyl (C=O) groups is 4. The fourth-order valence-corrected chi connectivity index (χ4v) is 10.1. The highest BCUT2D eigenvalue weighted by Gasteiger charge is 2.50. The van der Waals surface area contributed by atoms with Crippen molar-refractivity contribution in [2.45, 2.75) is 96.0 Å². The lowest BCUT2D eigenvalue weighted by Gasteiger charge is -2.43. The van der Waals surface area contributed by atoms with Crippen LogP contribution in [0.1, 0.15) is 101 Å². The highest BCUT2D eigenvalue weighted by molar-refractivity contribution is 5.90. The smallest absolute Gasteiger partial charge is 0.405 e. The number of imidazole rings is 2. The average molecular weight is 875 g/mol. The highest BCUT2D eigenvalue weighted by atomic mass is 16.5. The van der Waals surface area contributed by atoms with E-state index in [2.05, 4.69) is 46.3 Å². The Hall–Kier alpha value is -6.18. The molecule has 2 unspecified atom stereocenters. The largest absolute Gasteiger partial charge is 0.465 e. The fraction of sp³-hybridized carbons (Fsp3) is 0.500. The second kappa shape index (κ2) is 18.9. The topological polar surface area (TPSA) is 215 Å². The Bertz CT molecular complexity index is 2380. The molecule has 8 atom stereocenters. The van der Waals surface area contributed by atoms with Gasteiger partial charge in [0.2, 0.25) is 11.8 Å². The summed E-state index contributed by atoms with van der Waals surface area (Å²) < 4.78 is 11.2. The molecular weight excluding hydrogens is 817 g/mol. The third kappa shape index (κ3) is 9.65. The van der Waals surface area contributed by atoms with E-state index >= 15 is 0 Å². The summed E-state index contributed by atoms with van der Waals surface area (Å²) in [5, 5.41) is 24.5. The minimum absolute atomic E-state index is 0.0643. The van der Waals surface area contributed by atoms with Crippen molar-refractivity contribution in [2.75, 3.05) is 32.9 Å². The number of carbonyl (C=O) groups excluding carboxylic acids is 2. The van der Waals surface area contributed by atoms with Gasteiger partial charge in [-0.15, -0.1) is 0 Å². The molecule has 4 fully saturated rings. The van der Waals surface area contributed by atoms with Crippen LogP contribution < -0.4 is 10.6 Å². The van der Waals surface area contributed by atoms with Crippen LogP contribution in [-0.2, 0) is 19.1 Å². The molecule has 4 aliphatic heterocycles. The van der Waals surface area contributed by atoms with E-state index < -0.39 is 23.8 Å². The van der Waals surface area contributed by atoms with E-state index in [0.29, 0.717) is 76.7 Å². The number of hydrogen-bond acceptors (Lipinski definition) is 8. The molecule has 6 N–H and O–H groups in total. The van der Waals surface area contributed by atoms with Crippen molar-refractivity contribution in [3.63, 3.8) is 0 Å². The Morgan fingerprint density at radius 1 is 0.750 bits per heavy atom. The van der Waals surface area contributed by atoms with E-state index in [9.17, 15) is 29.4 Å². The summed E-state index contributed by atoms with van der Waals surface area (Å²) in [6.45, 7) is 10.4. The molecule has 4 aromatic rings. The maximum atomic E-state index is 14.3. The van der Waals surface area contributed by atoms with E-state index in [4.69, 9.17) is 19.4 Å². The summed E-state index contributed by atoms with van der Waals surface area (Å²) >= 11 is 0. The lowest BCUT2D eigenvalue weighted by molar-refractivity contribution is -0.143. The number of benzene rings is 2. The molecule has 0 bridgehead atoms. The molecule has 16 nitrogen and oxygen atoms in total. The van der Waals surface area contributed by atoms with Crippen molar-refractivity contribution < 1.29 is 38.9 Å². The van der Waals surface area contributed by atoms with Crippen LogP contribution in [0.3, 0.4) is 0 Å². The molecule has 6 heterocycles. The minimum atomic E-state index is -1.30. The van der Waals surface area contributed by atoms with E-state index in [-0.39, 0.29) is 53.7 Å². The minimum Gasteiger partial charge on any atom is -0.465 e. The van der Waals surface area contributed by atoms with Crippen LogP contribution in [0.4, 0.5) is 9.59 Å². The van der Waals surface area contributed by atoms with Crippen molar-refractivity contribution in [1.29, 1.82) is 0 Å². The van der Waals surface area contributed by atoms with Gasteiger partial charge in [-0.05, 0) is 100 Å². The zero-order valence-corrected chi connectivity index (χ0v) is 36.8. The first kappa shape index (κ1) is 44.4. The molecule has 4 saturated heterocycles. The van der Waals surface area contributed by atoms with Crippen LogP contribution in [0.25, 0.3) is 22.5 Å². The van der Waals surface area contributed by atoms with Crippen LogP contribution in [0, 0.1) is 35.5 Å². The Morgan fingerprint density at radius 2 is 1.28 bits per heavy atom. The van der Waals surface area contributed by atoms with Crippen molar-refractivity contribution >= 4 is 24.0 Å². The number of nitrogens with one attached hydrogen (secondary N) is 4. The van der Waals surface area contributed by atoms with Gasteiger partial charge in [0.15, 0.2) is 0 Å². The summed E-state index contributed by atoms with van der Waals surface area (Å²) in [4.78, 5) is 72.0. The zero-order chi connectivity index (χ0) is 45.1. The molecule has 0 saturated carbocycles. The van der Waals surface area contributed by atoms with Gasteiger partial charge in [-0.2, -0.15) is 0 Å². The average Bonchev–Trinajstić information content (AvgIpc) is 4.12. The number of aromatic nitrogens is 4. The first-order valence-corrected chi connectivity index (χ1v) is 22.4. The number of carboxylic acid groups (broad SMARTS) is 2. The van der Waals surface area contributed by atoms with Gasteiger partial charge in [0, 0.05) is 67.6 Å². The van der Waals surface area contributed by atoms with Crippen molar-refractivity contribution in [3.05, 3.63) is 83.7 Å². The fourth-order valence-electron chi connectivity index (χ4n) is 10.1. The maximum absolute atomic E-state index is 14.3. The predicted molar refractivity (Wildman–Crippen MR) is 237 cm³/mol. The molecule has 0 aliphatic carbocycles. The molecule has 4 amide bonds. The summed E-state index contributed by atoms with van der Waals surface area (Å²) in [5.41, 5.74) is 3.62. The Labute approximate surface area is 372 Å². The predicted octanol–water partition coefficient (Wildman–Crippen LogP) is 6.59. The Balaban J connectivity index is 0.911. The van der Waals surface area contributed by atoms with Gasteiger partial charge in [0.25, 0.3) is 0 Å². The normalized spacial score (nSPS) is 25.2. The van der Waals surface area contributed by atoms with Crippen molar-refractivity contribution in [1.82, 2.24) is 40.4 Å². The monoisotopic (exact) mass is 874 g/mol. The van der Waals surface area contributed by atoms with E-state index in [1.165, 1.54) is 0 Å². The van der Waals surface area contributed by atoms with E-state index in [0.717, 1.165) is 40.1 Å². The van der Waals surface area contributed by atoms with Gasteiger partial charge < -0.3 is 50.1 Å². The van der Waals surface area contributed by atoms with Crippen LogP contribution >= 0.6 is 0 Å². The molecule has 338 valence electrons. The van der Waals surface area contributed by atoms with Crippen molar-refractivity contribution in [2.24, 2.45) is 23.7 Å². The molecular formula is C48H58N8O8. The van der Waals surface area contributed by atoms with Gasteiger partial charge in [0.05, 0.1) is 29.6 Å². The molecule has 0 spiro atoms. The number of aromatic amines is 2. The third-order valence-electron chi connectivity index (χ3n) is 13.5. The zero-order valence-electron chi connectivity index (χ0n) is 36.8. The first-order valence-electron chi connectivity index (χ1n) is 22.4. The molecule has 2 aromatic carbocycles. The SMILES string of the molecule is CC1CC([C@](C)(NC(=O)O)C(=O)N2C[C@@H](C)C[C@H]2c2nc(-c3ccc(C#Cc4ccc(-c5c[nH]c([C@@H]6C[C@H](C)CN6C(=O)[C@@H](NC(=O)O)C6CCOCC6)n5)cc4)cc3)c[nH]2)CCO1. The summed E-state index contributed by atoms with van der Waals surface area (Å²) in [6.07, 6.45) is 5.03. The number of amides is 4. The summed E-state index contributed by atoms with van der Waals surface area (Å²) in [7, 11) is 0. The van der Waals surface area contributed by atoms with Crippen LogP contribution in [0.2, 0.25) is 0 Å². The molecule has 8 rings (SSSR count). The van der Waals surface area contributed by atoms with Gasteiger partial charge in [-0.1, -0.05) is 50.0 Å². The summed E-state index contributed by atoms with van der Waals surface area (Å²) in [5.74, 6) is 7.49. The standard InChI is InChI=1S/C48H58N8O8/c1-28-21-39(55(26-28)44(57)41(53-46(59)60)35-15-18-63-19-16-35)42-49-24-37(51-42)33-11-7-31(8-12-33)5-6-32-9-13-34(14-10-32)38-25-50-43(52-38)40-22-29(2)27-56(40)45(58)48(4,54-47(61)62)36-17-20-64-30(3)23-36/h7-14,24-25,28-30,35-36,39-41,53-54H,15-23,26-27H2,1-4H3,(H,49,51)(H,50,52)(H,59,60)(H,61,62)/t28-,29-,30?,36?,39-,40-,41-,48-/m0/s1. The number of likely N-dealkylation sites (tertiary alicyclic amines) is 2. The molecule has 64 heavy (non-hydrogen) atoms. The third-order valence-corrected chi connectivity index (χ3v) is 13.5. The Morgan fingerprint density at radius 3 is 1.80 bits per heavy atom. The lowest BCUT2D eigenvalue weighted by Crippen LogP contribution is -2.62. The van der Waals surface area contributed by atoms with Crippen LogP contribution in [0.15, 0.2) is 60.9 Å². The molecule has 0 radical (unpaired) electrons. The van der Waals surface area contributed by atoms with Gasteiger partial charge in [-0.25, -0.2) is 19.6 Å². The number of hydrogen-bond donors (Lipinski definition) is 6. The number of ether oxygens (including phenoxy) is 2. The maximum Gasteiger partial charge on any atom is 0.405 e. The number of nitrogens with zero attached hydrogens (tertiary/aromatic N) is 4. The second-order valence-electron chi connectivity index (χ2n) is 18.3. The van der Waals surface area contributed by atoms with E-state index in [1.54, 1.807) is 16.7 Å². The first-order chi connectivity index (χ1) is 30.7.